The zero-order valence-corrected chi connectivity index (χ0v) is 17.1. The summed E-state index contributed by atoms with van der Waals surface area (Å²) >= 11 is 1.55. The Morgan fingerprint density at radius 3 is 2.79 bits per heavy atom. The number of aromatic nitrogens is 2. The highest BCUT2D eigenvalue weighted by molar-refractivity contribution is 7.14. The van der Waals surface area contributed by atoms with Gasteiger partial charge in [0.25, 0.3) is 5.91 Å². The van der Waals surface area contributed by atoms with Gasteiger partial charge in [-0.15, -0.1) is 11.3 Å². The molecule has 146 valence electrons. The lowest BCUT2D eigenvalue weighted by Crippen LogP contribution is -2.49. The molecule has 7 heteroatoms. The van der Waals surface area contributed by atoms with Crippen LogP contribution in [0.15, 0.2) is 42.7 Å². The summed E-state index contributed by atoms with van der Waals surface area (Å²) in [6, 6.07) is 9.91. The predicted octanol–water partition coefficient (Wildman–Crippen LogP) is 3.25. The molecule has 0 radical (unpaired) electrons. The third-order valence-corrected chi connectivity index (χ3v) is 6.23. The number of thiophene rings is 1. The highest BCUT2D eigenvalue weighted by atomic mass is 32.1. The molecule has 3 heterocycles. The number of nitrogens with zero attached hydrogens (tertiary/aromatic N) is 3. The van der Waals surface area contributed by atoms with E-state index in [4.69, 9.17) is 4.74 Å². The number of amides is 1. The largest absolute Gasteiger partial charge is 0.497 e. The van der Waals surface area contributed by atoms with Crippen LogP contribution in [0.4, 0.5) is 0 Å². The topological polar surface area (TPSA) is 59.4 Å². The van der Waals surface area contributed by atoms with Crippen LogP contribution in [-0.2, 0) is 7.05 Å². The number of hydrogen-bond acceptors (Lipinski definition) is 5. The maximum atomic E-state index is 13.4. The Morgan fingerprint density at radius 2 is 2.11 bits per heavy atom. The minimum atomic E-state index is -0.0620. The predicted molar refractivity (Wildman–Crippen MR) is 111 cm³/mol. The number of methoxy groups -OCH3 is 1. The zero-order valence-electron chi connectivity index (χ0n) is 16.3. The minimum Gasteiger partial charge on any atom is -0.497 e. The summed E-state index contributed by atoms with van der Waals surface area (Å²) in [5, 5.41) is 3.38. The van der Waals surface area contributed by atoms with E-state index in [-0.39, 0.29) is 11.9 Å². The van der Waals surface area contributed by atoms with Crippen LogP contribution in [0.3, 0.4) is 0 Å². The molecule has 1 aliphatic rings. The van der Waals surface area contributed by atoms with Gasteiger partial charge in [-0.3, -0.25) is 4.79 Å². The number of piperazine rings is 1. The summed E-state index contributed by atoms with van der Waals surface area (Å²) in [6.45, 7) is 4.24. The summed E-state index contributed by atoms with van der Waals surface area (Å²) in [5.74, 6) is 1.80. The van der Waals surface area contributed by atoms with Crippen molar-refractivity contribution in [1.82, 2.24) is 19.8 Å². The maximum absolute atomic E-state index is 13.4. The zero-order chi connectivity index (χ0) is 19.7. The van der Waals surface area contributed by atoms with E-state index in [0.29, 0.717) is 13.1 Å². The first-order valence-corrected chi connectivity index (χ1v) is 10.1. The second kappa shape index (κ2) is 7.77. The number of carbonyl (C=O) groups excluding carboxylic acids is 1. The Kier molecular flexibility index (Phi) is 5.19. The first-order valence-electron chi connectivity index (χ1n) is 9.32. The van der Waals surface area contributed by atoms with Crippen molar-refractivity contribution in [2.45, 2.75) is 13.0 Å². The molecule has 1 N–H and O–H groups in total. The first kappa shape index (κ1) is 18.7. The molecule has 0 aliphatic carbocycles. The molecule has 1 atom stereocenters. The van der Waals surface area contributed by atoms with Gasteiger partial charge in [-0.25, -0.2) is 4.98 Å². The number of aryl methyl sites for hydroxylation is 2. The molecule has 1 amide bonds. The Labute approximate surface area is 168 Å². The molecule has 0 spiro atoms. The number of imidazole rings is 1. The highest BCUT2D eigenvalue weighted by Crippen LogP contribution is 2.34. The fourth-order valence-electron chi connectivity index (χ4n) is 3.66. The van der Waals surface area contributed by atoms with Crippen LogP contribution in [-0.4, -0.2) is 47.1 Å². The molecular formula is C21H24N4O2S. The van der Waals surface area contributed by atoms with E-state index in [2.05, 4.69) is 17.2 Å². The van der Waals surface area contributed by atoms with E-state index < -0.39 is 0 Å². The quantitative estimate of drug-likeness (QED) is 0.735. The summed E-state index contributed by atoms with van der Waals surface area (Å²) in [5.41, 5.74) is 2.19. The van der Waals surface area contributed by atoms with E-state index in [1.165, 1.54) is 0 Å². The smallest absolute Gasteiger partial charge is 0.264 e. The maximum Gasteiger partial charge on any atom is 0.264 e. The molecule has 1 unspecified atom stereocenters. The van der Waals surface area contributed by atoms with Crippen molar-refractivity contribution in [2.24, 2.45) is 7.05 Å². The lowest BCUT2D eigenvalue weighted by Gasteiger charge is -2.35. The molecule has 0 saturated carbocycles. The molecule has 1 saturated heterocycles. The van der Waals surface area contributed by atoms with Gasteiger partial charge < -0.3 is 19.5 Å². The summed E-state index contributed by atoms with van der Waals surface area (Å²) in [6.07, 6.45) is 3.70. The van der Waals surface area contributed by atoms with Gasteiger partial charge in [0.15, 0.2) is 0 Å². The van der Waals surface area contributed by atoms with E-state index in [1.807, 2.05) is 53.0 Å². The summed E-state index contributed by atoms with van der Waals surface area (Å²) < 4.78 is 7.23. The third kappa shape index (κ3) is 3.43. The average Bonchev–Trinajstić information content (AvgIpc) is 3.33. The fourth-order valence-corrected chi connectivity index (χ4v) is 4.66. The Balaban J connectivity index is 1.63. The van der Waals surface area contributed by atoms with Crippen molar-refractivity contribution >= 4 is 17.2 Å². The standard InChI is InChI=1S/C21H24N4O2S/c1-14-17(15-4-6-16(27-3)7-5-15)12-19(28-14)21(26)25-11-8-22-13-18(25)20-23-9-10-24(20)2/h4-7,9-10,12,18,22H,8,11,13H2,1-3H3. The van der Waals surface area contributed by atoms with Gasteiger partial charge >= 0.3 is 0 Å². The second-order valence-electron chi connectivity index (χ2n) is 6.92. The van der Waals surface area contributed by atoms with Crippen LogP contribution < -0.4 is 10.1 Å². The van der Waals surface area contributed by atoms with E-state index in [1.54, 1.807) is 24.6 Å². The molecule has 1 aliphatic heterocycles. The number of benzene rings is 1. The third-order valence-electron chi connectivity index (χ3n) is 5.19. The van der Waals surface area contributed by atoms with E-state index in [0.717, 1.165) is 39.0 Å². The minimum absolute atomic E-state index is 0.0620. The highest BCUT2D eigenvalue weighted by Gasteiger charge is 2.32. The van der Waals surface area contributed by atoms with Gasteiger partial charge in [-0.2, -0.15) is 0 Å². The molecule has 3 aromatic rings. The fraction of sp³-hybridized carbons (Fsp3) is 0.333. The molecule has 6 nitrogen and oxygen atoms in total. The van der Waals surface area contributed by atoms with Crippen molar-refractivity contribution in [2.75, 3.05) is 26.7 Å². The van der Waals surface area contributed by atoms with Crippen molar-refractivity contribution in [3.8, 4) is 16.9 Å². The van der Waals surface area contributed by atoms with Crippen LogP contribution in [0.2, 0.25) is 0 Å². The SMILES string of the molecule is COc1ccc(-c2cc(C(=O)N3CCNCC3c3nccn3C)sc2C)cc1. The number of rotatable bonds is 4. The van der Waals surface area contributed by atoms with Gasteiger partial charge in [0.1, 0.15) is 17.6 Å². The monoisotopic (exact) mass is 396 g/mol. The molecule has 1 fully saturated rings. The van der Waals surface area contributed by atoms with Gasteiger partial charge in [-0.1, -0.05) is 12.1 Å². The van der Waals surface area contributed by atoms with Crippen molar-refractivity contribution in [3.63, 3.8) is 0 Å². The molecule has 4 rings (SSSR count). The van der Waals surface area contributed by atoms with Gasteiger partial charge in [-0.05, 0) is 36.2 Å². The lowest BCUT2D eigenvalue weighted by atomic mass is 10.1. The van der Waals surface area contributed by atoms with Crippen molar-refractivity contribution < 1.29 is 9.53 Å². The summed E-state index contributed by atoms with van der Waals surface area (Å²) in [4.78, 5) is 21.7. The van der Waals surface area contributed by atoms with E-state index in [9.17, 15) is 4.79 Å². The van der Waals surface area contributed by atoms with Crippen LogP contribution in [0.5, 0.6) is 5.75 Å². The molecule has 28 heavy (non-hydrogen) atoms. The molecule has 2 aromatic heterocycles. The van der Waals surface area contributed by atoms with Gasteiger partial charge in [0, 0.05) is 44.0 Å². The van der Waals surface area contributed by atoms with Crippen LogP contribution in [0.1, 0.15) is 26.4 Å². The second-order valence-corrected chi connectivity index (χ2v) is 8.18. The van der Waals surface area contributed by atoms with Crippen LogP contribution >= 0.6 is 11.3 Å². The Morgan fingerprint density at radius 1 is 1.32 bits per heavy atom. The number of carbonyl (C=O) groups is 1. The number of hydrogen-bond donors (Lipinski definition) is 1. The average molecular weight is 397 g/mol. The number of ether oxygens (including phenoxy) is 1. The van der Waals surface area contributed by atoms with Crippen LogP contribution in [0.25, 0.3) is 11.1 Å². The van der Waals surface area contributed by atoms with Crippen LogP contribution in [0, 0.1) is 6.92 Å². The molecular weight excluding hydrogens is 372 g/mol. The lowest BCUT2D eigenvalue weighted by molar-refractivity contribution is 0.0626. The van der Waals surface area contributed by atoms with Gasteiger partial charge in [0.05, 0.1) is 12.0 Å². The molecule has 1 aromatic carbocycles. The van der Waals surface area contributed by atoms with Crippen molar-refractivity contribution in [3.05, 3.63) is 58.3 Å². The Bertz CT molecular complexity index is 977. The normalized spacial score (nSPS) is 17.0. The van der Waals surface area contributed by atoms with E-state index >= 15 is 0 Å². The Hall–Kier alpha value is -2.64. The van der Waals surface area contributed by atoms with Crippen molar-refractivity contribution in [1.29, 1.82) is 0 Å². The molecule has 0 bridgehead atoms. The first-order chi connectivity index (χ1) is 13.6. The number of nitrogens with one attached hydrogen (secondary N) is 1. The van der Waals surface area contributed by atoms with Gasteiger partial charge in [0.2, 0.25) is 0 Å². The summed E-state index contributed by atoms with van der Waals surface area (Å²) in [7, 11) is 3.63.